The molecule has 0 saturated heterocycles. The van der Waals surface area contributed by atoms with Crippen molar-refractivity contribution >= 4 is 29.9 Å². The Kier molecular flexibility index (Phi) is 4.11. The van der Waals surface area contributed by atoms with Gasteiger partial charge in [-0.3, -0.25) is 4.79 Å². The molecule has 15 heavy (non-hydrogen) atoms. The van der Waals surface area contributed by atoms with E-state index in [0.29, 0.717) is 22.8 Å². The lowest BCUT2D eigenvalue weighted by molar-refractivity contribution is -0.109. The molecule has 5 nitrogen and oxygen atoms in total. The van der Waals surface area contributed by atoms with Crippen LogP contribution in [0.2, 0.25) is 0 Å². The molecular weight excluding hydrogens is 214 g/mol. The number of anilines is 1. The summed E-state index contributed by atoms with van der Waals surface area (Å²) < 4.78 is 5.12. The van der Waals surface area contributed by atoms with E-state index in [-0.39, 0.29) is 12.5 Å². The van der Waals surface area contributed by atoms with Crippen molar-refractivity contribution in [2.24, 2.45) is 0 Å². The van der Waals surface area contributed by atoms with Crippen molar-refractivity contribution < 1.29 is 9.53 Å². The molecule has 0 aromatic carbocycles. The second-order valence-electron chi connectivity index (χ2n) is 2.50. The van der Waals surface area contributed by atoms with Gasteiger partial charge in [0.15, 0.2) is 11.4 Å². The maximum absolute atomic E-state index is 10.2. The fraction of sp³-hybridized carbons (Fsp3) is 0.222. The zero-order valence-electron chi connectivity index (χ0n) is 8.27. The van der Waals surface area contributed by atoms with E-state index in [1.54, 1.807) is 0 Å². The smallest absolute Gasteiger partial charge is 0.227 e. The summed E-state index contributed by atoms with van der Waals surface area (Å²) in [6.45, 7) is 3.52. The van der Waals surface area contributed by atoms with Crippen LogP contribution in [0.1, 0.15) is 5.56 Å². The van der Waals surface area contributed by atoms with Gasteiger partial charge in [-0.05, 0) is 6.26 Å². The number of hydrogen-bond acceptors (Lipinski definition) is 6. The molecule has 2 N–H and O–H groups in total. The molecule has 0 saturated carbocycles. The molecule has 0 atom stereocenters. The highest BCUT2D eigenvalue weighted by molar-refractivity contribution is 7.98. The molecule has 80 valence electrons. The molecule has 0 fully saturated rings. The van der Waals surface area contributed by atoms with Crippen LogP contribution in [0, 0.1) is 0 Å². The third kappa shape index (κ3) is 2.69. The summed E-state index contributed by atoms with van der Waals surface area (Å²) in [5.41, 5.74) is 6.18. The highest BCUT2D eigenvalue weighted by atomic mass is 32.2. The summed E-state index contributed by atoms with van der Waals surface area (Å²) in [5.74, 6) is 0.583. The number of nitrogens with two attached hydrogens (primary N) is 1. The van der Waals surface area contributed by atoms with Crippen LogP contribution in [0.3, 0.4) is 0 Å². The molecule has 6 heteroatoms. The molecule has 1 aromatic rings. The Labute approximate surface area is 91.7 Å². The summed E-state index contributed by atoms with van der Waals surface area (Å²) in [4.78, 5) is 18.3. The van der Waals surface area contributed by atoms with Gasteiger partial charge in [0, 0.05) is 0 Å². The first-order valence-electron chi connectivity index (χ1n) is 4.13. The van der Waals surface area contributed by atoms with Gasteiger partial charge in [-0.2, -0.15) is 4.98 Å². The lowest BCUT2D eigenvalue weighted by Crippen LogP contribution is -2.06. The van der Waals surface area contributed by atoms with Crippen molar-refractivity contribution in [2.45, 2.75) is 5.16 Å². The van der Waals surface area contributed by atoms with Crippen LogP contribution in [0.4, 0.5) is 5.82 Å². The number of carbonyl (C=O) groups is 1. The first-order valence-corrected chi connectivity index (χ1v) is 5.35. The highest BCUT2D eigenvalue weighted by Gasteiger charge is 2.10. The van der Waals surface area contributed by atoms with Gasteiger partial charge in [-0.25, -0.2) is 4.98 Å². The number of nitrogens with zero attached hydrogens (tertiary/aromatic N) is 2. The van der Waals surface area contributed by atoms with Crippen LogP contribution >= 0.6 is 11.8 Å². The van der Waals surface area contributed by atoms with Crippen LogP contribution < -0.4 is 10.5 Å². The number of ether oxygens (including phenoxy) is 1. The number of carbonyl (C=O) groups excluding carboxylic acids is 1. The van der Waals surface area contributed by atoms with Gasteiger partial charge in [-0.1, -0.05) is 24.4 Å². The average Bonchev–Trinajstić information content (AvgIpc) is 2.25. The molecule has 0 spiro atoms. The summed E-state index contributed by atoms with van der Waals surface area (Å²) >= 11 is 1.34. The Bertz CT molecular complexity index is 382. The van der Waals surface area contributed by atoms with Gasteiger partial charge in [0.2, 0.25) is 5.88 Å². The molecule has 0 radical (unpaired) electrons. The number of nitrogen functional groups attached to an aromatic ring is 1. The van der Waals surface area contributed by atoms with E-state index in [0.717, 1.165) is 0 Å². The van der Waals surface area contributed by atoms with Crippen molar-refractivity contribution in [1.82, 2.24) is 9.97 Å². The van der Waals surface area contributed by atoms with Crippen molar-refractivity contribution in [3.63, 3.8) is 0 Å². The molecular formula is C9H11N3O2S. The summed E-state index contributed by atoms with van der Waals surface area (Å²) in [6.07, 6.45) is 3.97. The van der Waals surface area contributed by atoms with Crippen LogP contribution in [0.5, 0.6) is 5.88 Å². The minimum atomic E-state index is -0.0644. The molecule has 0 unspecified atom stereocenters. The van der Waals surface area contributed by atoms with E-state index in [9.17, 15) is 4.79 Å². The molecule has 0 aliphatic rings. The predicted octanol–water partition coefficient (Wildman–Crippen LogP) is 1.00. The fourth-order valence-electron chi connectivity index (χ4n) is 0.951. The Morgan fingerprint density at radius 1 is 1.60 bits per heavy atom. The Balaban J connectivity index is 3.12. The van der Waals surface area contributed by atoms with E-state index in [1.165, 1.54) is 17.8 Å². The quantitative estimate of drug-likeness (QED) is 0.457. The van der Waals surface area contributed by atoms with E-state index in [1.807, 2.05) is 6.26 Å². The maximum atomic E-state index is 10.2. The highest BCUT2D eigenvalue weighted by Crippen LogP contribution is 2.24. The number of aldehydes is 1. The summed E-state index contributed by atoms with van der Waals surface area (Å²) in [6, 6.07) is 0. The first-order chi connectivity index (χ1) is 7.22. The van der Waals surface area contributed by atoms with Crippen molar-refractivity contribution in [3.05, 3.63) is 12.1 Å². The van der Waals surface area contributed by atoms with E-state index >= 15 is 0 Å². The number of hydrogen-bond donors (Lipinski definition) is 1. The molecule has 0 amide bonds. The largest absolute Gasteiger partial charge is 0.469 e. The molecule has 1 aromatic heterocycles. The van der Waals surface area contributed by atoms with E-state index in [4.69, 9.17) is 10.5 Å². The molecule has 0 bridgehead atoms. The van der Waals surface area contributed by atoms with Crippen molar-refractivity contribution in [1.29, 1.82) is 0 Å². The topological polar surface area (TPSA) is 78.1 Å². The van der Waals surface area contributed by atoms with Gasteiger partial charge < -0.3 is 10.5 Å². The Hall–Kier alpha value is -1.56. The van der Waals surface area contributed by atoms with Gasteiger partial charge in [0.25, 0.3) is 0 Å². The van der Waals surface area contributed by atoms with Gasteiger partial charge in [-0.15, -0.1) is 0 Å². The summed E-state index contributed by atoms with van der Waals surface area (Å²) in [7, 11) is 0. The third-order valence-corrected chi connectivity index (χ3v) is 2.14. The van der Waals surface area contributed by atoms with Gasteiger partial charge in [0.05, 0.1) is 5.56 Å². The second kappa shape index (κ2) is 5.35. The van der Waals surface area contributed by atoms with Crippen LogP contribution in [-0.2, 0) is 4.79 Å². The van der Waals surface area contributed by atoms with Crippen molar-refractivity contribution in [3.8, 4) is 5.88 Å². The first kappa shape index (κ1) is 11.5. The number of thioether (sulfide) groups is 1. The zero-order valence-corrected chi connectivity index (χ0v) is 9.08. The molecule has 1 heterocycles. The maximum Gasteiger partial charge on any atom is 0.227 e. The lowest BCUT2D eigenvalue weighted by Gasteiger charge is -2.08. The van der Waals surface area contributed by atoms with Crippen LogP contribution in [-0.4, -0.2) is 29.1 Å². The average molecular weight is 225 g/mol. The Morgan fingerprint density at radius 2 is 2.33 bits per heavy atom. The van der Waals surface area contributed by atoms with E-state index < -0.39 is 0 Å². The SMILES string of the molecule is C=Cc1c(N)nc(SC)nc1OCC=O. The van der Waals surface area contributed by atoms with Crippen LogP contribution in [0.25, 0.3) is 6.08 Å². The minimum absolute atomic E-state index is 0.0644. The van der Waals surface area contributed by atoms with Gasteiger partial charge >= 0.3 is 0 Å². The Morgan fingerprint density at radius 3 is 2.87 bits per heavy atom. The predicted molar refractivity (Wildman–Crippen MR) is 59.9 cm³/mol. The fourth-order valence-corrected chi connectivity index (χ4v) is 1.31. The van der Waals surface area contributed by atoms with Crippen molar-refractivity contribution in [2.75, 3.05) is 18.6 Å². The lowest BCUT2D eigenvalue weighted by atomic mass is 10.3. The number of rotatable bonds is 5. The zero-order chi connectivity index (χ0) is 11.3. The molecule has 0 aliphatic carbocycles. The monoisotopic (exact) mass is 225 g/mol. The van der Waals surface area contributed by atoms with E-state index in [2.05, 4.69) is 16.5 Å². The normalized spacial score (nSPS) is 9.67. The molecule has 1 rings (SSSR count). The molecule has 0 aliphatic heterocycles. The minimum Gasteiger partial charge on any atom is -0.469 e. The van der Waals surface area contributed by atoms with Gasteiger partial charge in [0.1, 0.15) is 12.4 Å². The number of aromatic nitrogens is 2. The second-order valence-corrected chi connectivity index (χ2v) is 3.27. The summed E-state index contributed by atoms with van der Waals surface area (Å²) in [5, 5.41) is 0.499. The van der Waals surface area contributed by atoms with Crippen LogP contribution in [0.15, 0.2) is 11.7 Å². The third-order valence-electron chi connectivity index (χ3n) is 1.59. The standard InChI is InChI=1S/C9H11N3O2S/c1-3-6-7(10)11-9(15-2)12-8(6)14-5-4-13/h3-4H,1,5H2,2H3,(H2,10,11,12).